The van der Waals surface area contributed by atoms with Crippen LogP contribution in [0, 0.1) is 5.92 Å². The SMILES string of the molecule is CNCc1oc2c(C(C)(C)C)cccc2c1CC(C)C. The highest BCUT2D eigenvalue weighted by atomic mass is 16.3. The van der Waals surface area contributed by atoms with E-state index in [0.29, 0.717) is 5.92 Å². The first-order valence-electron chi connectivity index (χ1n) is 7.53. The van der Waals surface area contributed by atoms with Crippen LogP contribution in [0.1, 0.15) is 51.5 Å². The van der Waals surface area contributed by atoms with Gasteiger partial charge in [-0.25, -0.2) is 0 Å². The van der Waals surface area contributed by atoms with E-state index < -0.39 is 0 Å². The van der Waals surface area contributed by atoms with E-state index in [2.05, 4.69) is 58.1 Å². The number of benzene rings is 1. The molecule has 2 rings (SSSR count). The zero-order valence-electron chi connectivity index (χ0n) is 13.6. The standard InChI is InChI=1S/C18H27NO/c1-12(2)10-14-13-8-7-9-15(18(3,4)5)17(13)20-16(14)11-19-6/h7-9,12,19H,10-11H2,1-6H3. The minimum absolute atomic E-state index is 0.101. The Morgan fingerprint density at radius 3 is 2.45 bits per heavy atom. The molecule has 2 nitrogen and oxygen atoms in total. The summed E-state index contributed by atoms with van der Waals surface area (Å²) in [5, 5.41) is 4.51. The van der Waals surface area contributed by atoms with E-state index in [-0.39, 0.29) is 5.41 Å². The largest absolute Gasteiger partial charge is 0.459 e. The zero-order chi connectivity index (χ0) is 14.9. The Morgan fingerprint density at radius 2 is 1.90 bits per heavy atom. The van der Waals surface area contributed by atoms with E-state index in [4.69, 9.17) is 4.42 Å². The van der Waals surface area contributed by atoms with Crippen LogP contribution in [0.5, 0.6) is 0 Å². The monoisotopic (exact) mass is 273 g/mol. The summed E-state index contributed by atoms with van der Waals surface area (Å²) < 4.78 is 6.24. The van der Waals surface area contributed by atoms with E-state index in [1.54, 1.807) is 0 Å². The van der Waals surface area contributed by atoms with Crippen LogP contribution in [0.3, 0.4) is 0 Å². The van der Waals surface area contributed by atoms with Crippen molar-refractivity contribution in [3.05, 3.63) is 35.1 Å². The van der Waals surface area contributed by atoms with Gasteiger partial charge in [-0.3, -0.25) is 0 Å². The number of rotatable bonds is 4. The van der Waals surface area contributed by atoms with E-state index in [1.807, 2.05) is 7.05 Å². The molecule has 1 aromatic carbocycles. The Bertz CT molecular complexity index is 587. The van der Waals surface area contributed by atoms with Crippen molar-refractivity contribution in [1.29, 1.82) is 0 Å². The first kappa shape index (κ1) is 15.1. The van der Waals surface area contributed by atoms with Crippen molar-refractivity contribution in [2.45, 2.75) is 53.0 Å². The van der Waals surface area contributed by atoms with Gasteiger partial charge in [-0.05, 0) is 24.8 Å². The quantitative estimate of drug-likeness (QED) is 0.877. The minimum Gasteiger partial charge on any atom is -0.459 e. The molecule has 0 atom stereocenters. The summed E-state index contributed by atoms with van der Waals surface area (Å²) >= 11 is 0. The summed E-state index contributed by atoms with van der Waals surface area (Å²) in [5.74, 6) is 1.72. The molecule has 0 saturated heterocycles. The van der Waals surface area contributed by atoms with Gasteiger partial charge in [0, 0.05) is 16.5 Å². The second kappa shape index (κ2) is 5.61. The van der Waals surface area contributed by atoms with Crippen molar-refractivity contribution in [2.24, 2.45) is 5.92 Å². The molecule has 2 heteroatoms. The van der Waals surface area contributed by atoms with E-state index in [9.17, 15) is 0 Å². The van der Waals surface area contributed by atoms with Crippen LogP contribution in [0.4, 0.5) is 0 Å². The van der Waals surface area contributed by atoms with Crippen LogP contribution in [0.15, 0.2) is 22.6 Å². The summed E-state index contributed by atoms with van der Waals surface area (Å²) in [5.41, 5.74) is 3.84. The van der Waals surface area contributed by atoms with Gasteiger partial charge in [0.25, 0.3) is 0 Å². The lowest BCUT2D eigenvalue weighted by Crippen LogP contribution is -2.11. The first-order valence-corrected chi connectivity index (χ1v) is 7.53. The first-order chi connectivity index (χ1) is 9.34. The zero-order valence-corrected chi connectivity index (χ0v) is 13.6. The molecule has 0 unspecified atom stereocenters. The van der Waals surface area contributed by atoms with Gasteiger partial charge in [-0.1, -0.05) is 52.8 Å². The second-order valence-corrected chi connectivity index (χ2v) is 7.06. The molecule has 2 aromatic rings. The predicted octanol–water partition coefficient (Wildman–Crippen LogP) is 4.65. The fraction of sp³-hybridized carbons (Fsp3) is 0.556. The average Bonchev–Trinajstić information content (AvgIpc) is 2.66. The van der Waals surface area contributed by atoms with Crippen molar-refractivity contribution in [3.63, 3.8) is 0 Å². The van der Waals surface area contributed by atoms with Crippen LogP contribution in [-0.4, -0.2) is 7.05 Å². The fourth-order valence-corrected chi connectivity index (χ4v) is 2.75. The number of fused-ring (bicyclic) bond motifs is 1. The molecule has 0 aliphatic heterocycles. The Morgan fingerprint density at radius 1 is 1.20 bits per heavy atom. The minimum atomic E-state index is 0.101. The number of nitrogens with one attached hydrogen (secondary N) is 1. The van der Waals surface area contributed by atoms with Gasteiger partial charge in [-0.15, -0.1) is 0 Å². The Hall–Kier alpha value is -1.28. The topological polar surface area (TPSA) is 25.2 Å². The van der Waals surface area contributed by atoms with Gasteiger partial charge in [0.15, 0.2) is 0 Å². The fourth-order valence-electron chi connectivity index (χ4n) is 2.75. The van der Waals surface area contributed by atoms with Crippen molar-refractivity contribution in [2.75, 3.05) is 7.05 Å². The highest BCUT2D eigenvalue weighted by molar-refractivity contribution is 5.86. The summed E-state index contributed by atoms with van der Waals surface area (Å²) in [7, 11) is 1.97. The molecule has 0 saturated carbocycles. The average molecular weight is 273 g/mol. The summed E-state index contributed by atoms with van der Waals surface area (Å²) in [6.45, 7) is 12.0. The molecule has 0 aliphatic carbocycles. The van der Waals surface area contributed by atoms with Crippen molar-refractivity contribution < 1.29 is 4.42 Å². The van der Waals surface area contributed by atoms with Crippen molar-refractivity contribution >= 4 is 11.0 Å². The van der Waals surface area contributed by atoms with Gasteiger partial charge >= 0.3 is 0 Å². The molecular formula is C18H27NO. The molecule has 0 aliphatic rings. The van der Waals surface area contributed by atoms with Crippen molar-refractivity contribution in [3.8, 4) is 0 Å². The molecule has 0 spiro atoms. The second-order valence-electron chi connectivity index (χ2n) is 7.06. The number of para-hydroxylation sites is 1. The molecule has 0 radical (unpaired) electrons. The molecule has 0 bridgehead atoms. The third-order valence-electron chi connectivity index (χ3n) is 3.66. The lowest BCUT2D eigenvalue weighted by Gasteiger charge is -2.19. The van der Waals surface area contributed by atoms with E-state index >= 15 is 0 Å². The molecule has 1 aromatic heterocycles. The number of furan rings is 1. The maximum absolute atomic E-state index is 6.24. The molecule has 0 fully saturated rings. The Labute approximate surface area is 122 Å². The molecule has 1 N–H and O–H groups in total. The van der Waals surface area contributed by atoms with Crippen molar-refractivity contribution in [1.82, 2.24) is 5.32 Å². The Kier molecular flexibility index (Phi) is 4.24. The molecule has 110 valence electrons. The third kappa shape index (κ3) is 2.90. The summed E-state index contributed by atoms with van der Waals surface area (Å²) in [4.78, 5) is 0. The highest BCUT2D eigenvalue weighted by Crippen LogP contribution is 2.35. The van der Waals surface area contributed by atoms with E-state index in [0.717, 1.165) is 24.3 Å². The van der Waals surface area contributed by atoms with E-state index in [1.165, 1.54) is 16.5 Å². The number of hydrogen-bond donors (Lipinski definition) is 1. The van der Waals surface area contributed by atoms with Crippen LogP contribution < -0.4 is 5.32 Å². The molecular weight excluding hydrogens is 246 g/mol. The highest BCUT2D eigenvalue weighted by Gasteiger charge is 2.22. The van der Waals surface area contributed by atoms with Gasteiger partial charge in [-0.2, -0.15) is 0 Å². The molecule has 0 amide bonds. The lowest BCUT2D eigenvalue weighted by molar-refractivity contribution is 0.502. The normalized spacial score (nSPS) is 12.6. The lowest BCUT2D eigenvalue weighted by atomic mass is 9.85. The predicted molar refractivity (Wildman–Crippen MR) is 86.2 cm³/mol. The maximum Gasteiger partial charge on any atom is 0.138 e. The van der Waals surface area contributed by atoms with Crippen LogP contribution >= 0.6 is 0 Å². The summed E-state index contributed by atoms with van der Waals surface area (Å²) in [6.07, 6.45) is 1.07. The molecule has 20 heavy (non-hydrogen) atoms. The number of hydrogen-bond acceptors (Lipinski definition) is 2. The maximum atomic E-state index is 6.24. The smallest absolute Gasteiger partial charge is 0.138 e. The van der Waals surface area contributed by atoms with Gasteiger partial charge in [0.05, 0.1) is 6.54 Å². The van der Waals surface area contributed by atoms with Gasteiger partial charge in [0.2, 0.25) is 0 Å². The van der Waals surface area contributed by atoms with Gasteiger partial charge in [0.1, 0.15) is 11.3 Å². The molecule has 1 heterocycles. The van der Waals surface area contributed by atoms with Crippen LogP contribution in [0.2, 0.25) is 0 Å². The van der Waals surface area contributed by atoms with Crippen LogP contribution in [-0.2, 0) is 18.4 Å². The summed E-state index contributed by atoms with van der Waals surface area (Å²) in [6, 6.07) is 6.55. The Balaban J connectivity index is 2.67. The third-order valence-corrected chi connectivity index (χ3v) is 3.66. The van der Waals surface area contributed by atoms with Gasteiger partial charge < -0.3 is 9.73 Å². The van der Waals surface area contributed by atoms with Crippen LogP contribution in [0.25, 0.3) is 11.0 Å².